The lowest BCUT2D eigenvalue weighted by molar-refractivity contribution is -0.117. The van der Waals surface area contributed by atoms with Crippen molar-refractivity contribution in [3.8, 4) is 0 Å². The van der Waals surface area contributed by atoms with Crippen molar-refractivity contribution in [2.75, 3.05) is 0 Å². The molecule has 2 nitrogen and oxygen atoms in total. The Morgan fingerprint density at radius 2 is 1.86 bits per heavy atom. The van der Waals surface area contributed by atoms with Crippen LogP contribution in [0, 0.1) is 5.82 Å². The van der Waals surface area contributed by atoms with Crippen LogP contribution in [0.4, 0.5) is 4.39 Å². The van der Waals surface area contributed by atoms with Crippen LogP contribution in [0.5, 0.6) is 0 Å². The van der Waals surface area contributed by atoms with Crippen LogP contribution in [-0.2, 0) is 4.79 Å². The third kappa shape index (κ3) is 4.26. The fourth-order valence-corrected chi connectivity index (χ4v) is 2.57. The van der Waals surface area contributed by atoms with Crippen molar-refractivity contribution in [2.24, 2.45) is 0 Å². The second-order valence-corrected chi connectivity index (χ2v) is 5.46. The number of carbonyl (C=O) groups excluding carboxylic acids is 1. The molecule has 0 aliphatic heterocycles. The zero-order valence-corrected chi connectivity index (χ0v) is 13.1. The fourth-order valence-electron chi connectivity index (χ4n) is 1.94. The van der Waals surface area contributed by atoms with Gasteiger partial charge in [0, 0.05) is 16.1 Å². The van der Waals surface area contributed by atoms with Gasteiger partial charge in [-0.15, -0.1) is 0 Å². The summed E-state index contributed by atoms with van der Waals surface area (Å²) in [5.41, 5.74) is 1.38. The molecule has 1 unspecified atom stereocenters. The molecule has 0 radical (unpaired) electrons. The van der Waals surface area contributed by atoms with Crippen LogP contribution in [0.1, 0.15) is 24.1 Å². The Morgan fingerprint density at radius 3 is 2.57 bits per heavy atom. The zero-order valence-electron chi connectivity index (χ0n) is 11.5. The van der Waals surface area contributed by atoms with Crippen LogP contribution in [0.2, 0.25) is 0 Å². The fraction of sp³-hybridized carbons (Fsp3) is 0.118. The minimum Gasteiger partial charge on any atom is -0.346 e. The van der Waals surface area contributed by atoms with Crippen LogP contribution in [0.3, 0.4) is 0 Å². The predicted octanol–water partition coefficient (Wildman–Crippen LogP) is 4.48. The number of hydrogen-bond acceptors (Lipinski definition) is 1. The molecule has 0 aliphatic rings. The first-order chi connectivity index (χ1) is 10.1. The smallest absolute Gasteiger partial charge is 0.244 e. The Balaban J connectivity index is 2.02. The van der Waals surface area contributed by atoms with E-state index < -0.39 is 0 Å². The van der Waals surface area contributed by atoms with Gasteiger partial charge in [0.25, 0.3) is 0 Å². The number of nitrogens with one attached hydrogen (secondary N) is 1. The highest BCUT2D eigenvalue weighted by molar-refractivity contribution is 9.10. The first-order valence-corrected chi connectivity index (χ1v) is 7.35. The molecule has 1 atom stereocenters. The molecule has 0 aromatic heterocycles. The highest BCUT2D eigenvalue weighted by Gasteiger charge is 2.10. The topological polar surface area (TPSA) is 29.1 Å². The van der Waals surface area contributed by atoms with E-state index in [2.05, 4.69) is 21.2 Å². The molecule has 1 amide bonds. The van der Waals surface area contributed by atoms with Gasteiger partial charge in [0.2, 0.25) is 5.91 Å². The lowest BCUT2D eigenvalue weighted by atomic mass is 10.1. The van der Waals surface area contributed by atoms with Gasteiger partial charge in [-0.1, -0.05) is 52.3 Å². The molecule has 0 aliphatic carbocycles. The van der Waals surface area contributed by atoms with E-state index in [1.54, 1.807) is 18.2 Å². The van der Waals surface area contributed by atoms with Crippen molar-refractivity contribution in [3.63, 3.8) is 0 Å². The Morgan fingerprint density at radius 1 is 1.19 bits per heavy atom. The van der Waals surface area contributed by atoms with E-state index in [-0.39, 0.29) is 17.8 Å². The summed E-state index contributed by atoms with van der Waals surface area (Å²) in [7, 11) is 0. The molecule has 0 spiro atoms. The van der Waals surface area contributed by atoms with E-state index in [1.165, 1.54) is 18.2 Å². The quantitative estimate of drug-likeness (QED) is 0.811. The molecule has 0 heterocycles. The zero-order chi connectivity index (χ0) is 15.2. The maximum atomic E-state index is 13.4. The van der Waals surface area contributed by atoms with Gasteiger partial charge in [0.15, 0.2) is 0 Å². The maximum absolute atomic E-state index is 13.4. The predicted molar refractivity (Wildman–Crippen MR) is 86.1 cm³/mol. The molecular formula is C17H15BrFNO. The first kappa shape index (κ1) is 15.4. The minimum absolute atomic E-state index is 0.140. The van der Waals surface area contributed by atoms with Crippen LogP contribution >= 0.6 is 15.9 Å². The summed E-state index contributed by atoms with van der Waals surface area (Å²) < 4.78 is 14.4. The summed E-state index contributed by atoms with van der Waals surface area (Å²) in [5.74, 6) is -0.609. The van der Waals surface area contributed by atoms with Crippen molar-refractivity contribution in [3.05, 3.63) is 76.0 Å². The van der Waals surface area contributed by atoms with Crippen LogP contribution < -0.4 is 5.32 Å². The summed E-state index contributed by atoms with van der Waals surface area (Å²) in [4.78, 5) is 11.9. The third-order valence-electron chi connectivity index (χ3n) is 3.05. The van der Waals surface area contributed by atoms with Crippen molar-refractivity contribution in [2.45, 2.75) is 13.0 Å². The molecule has 2 rings (SSSR count). The van der Waals surface area contributed by atoms with Gasteiger partial charge in [0.05, 0.1) is 6.04 Å². The molecule has 2 aromatic rings. The summed E-state index contributed by atoms with van der Waals surface area (Å²) in [6.07, 6.45) is 2.81. The number of benzene rings is 2. The Bertz CT molecular complexity index is 669. The normalized spacial score (nSPS) is 12.3. The van der Waals surface area contributed by atoms with Crippen molar-refractivity contribution in [1.82, 2.24) is 5.32 Å². The highest BCUT2D eigenvalue weighted by atomic mass is 79.9. The second-order valence-electron chi connectivity index (χ2n) is 4.61. The molecule has 21 heavy (non-hydrogen) atoms. The number of carbonyl (C=O) groups is 1. The van der Waals surface area contributed by atoms with Gasteiger partial charge in [0.1, 0.15) is 5.82 Å². The van der Waals surface area contributed by atoms with E-state index in [9.17, 15) is 9.18 Å². The summed E-state index contributed by atoms with van der Waals surface area (Å²) in [6.45, 7) is 1.90. The number of amides is 1. The molecule has 108 valence electrons. The number of hydrogen-bond donors (Lipinski definition) is 1. The molecule has 4 heteroatoms. The monoisotopic (exact) mass is 347 g/mol. The van der Waals surface area contributed by atoms with E-state index in [1.807, 2.05) is 31.2 Å². The molecule has 0 bridgehead atoms. The summed E-state index contributed by atoms with van der Waals surface area (Å²) >= 11 is 3.45. The van der Waals surface area contributed by atoms with E-state index in [4.69, 9.17) is 0 Å². The largest absolute Gasteiger partial charge is 0.346 e. The van der Waals surface area contributed by atoms with Gasteiger partial charge in [-0.25, -0.2) is 4.39 Å². The van der Waals surface area contributed by atoms with E-state index in [0.717, 1.165) is 10.0 Å². The molecule has 2 aromatic carbocycles. The average molecular weight is 348 g/mol. The van der Waals surface area contributed by atoms with Crippen LogP contribution in [0.15, 0.2) is 59.1 Å². The average Bonchev–Trinajstić information content (AvgIpc) is 2.46. The van der Waals surface area contributed by atoms with E-state index >= 15 is 0 Å². The third-order valence-corrected chi connectivity index (χ3v) is 3.77. The lowest BCUT2D eigenvalue weighted by Gasteiger charge is -2.14. The number of halogens is 2. The minimum atomic E-state index is -0.347. The molecular weight excluding hydrogens is 333 g/mol. The van der Waals surface area contributed by atoms with Gasteiger partial charge in [-0.05, 0) is 30.7 Å². The highest BCUT2D eigenvalue weighted by Crippen LogP contribution is 2.22. The van der Waals surface area contributed by atoms with Gasteiger partial charge in [-0.2, -0.15) is 0 Å². The summed E-state index contributed by atoms with van der Waals surface area (Å²) in [5, 5.41) is 2.85. The SMILES string of the molecule is CC(NC(=O)/C=C/c1ccccc1F)c1ccccc1Br. The standard InChI is InChI=1S/C17H15BrFNO/c1-12(14-7-3-4-8-15(14)18)20-17(21)11-10-13-6-2-5-9-16(13)19/h2-12H,1H3,(H,20,21)/b11-10+. The molecule has 1 N–H and O–H groups in total. The van der Waals surface area contributed by atoms with Crippen LogP contribution in [0.25, 0.3) is 6.08 Å². The van der Waals surface area contributed by atoms with Crippen molar-refractivity contribution >= 4 is 27.9 Å². The Kier molecular flexibility index (Phi) is 5.28. The Hall–Kier alpha value is -1.94. The van der Waals surface area contributed by atoms with Crippen molar-refractivity contribution < 1.29 is 9.18 Å². The molecule has 0 saturated heterocycles. The molecule has 0 fully saturated rings. The Labute approximate surface area is 131 Å². The summed E-state index contributed by atoms with van der Waals surface area (Å²) in [6, 6.07) is 13.9. The van der Waals surface area contributed by atoms with Crippen molar-refractivity contribution in [1.29, 1.82) is 0 Å². The van der Waals surface area contributed by atoms with Gasteiger partial charge in [-0.3, -0.25) is 4.79 Å². The van der Waals surface area contributed by atoms with Gasteiger partial charge >= 0.3 is 0 Å². The van der Waals surface area contributed by atoms with Gasteiger partial charge < -0.3 is 5.32 Å². The van der Waals surface area contributed by atoms with Crippen LogP contribution in [-0.4, -0.2) is 5.91 Å². The lowest BCUT2D eigenvalue weighted by Crippen LogP contribution is -2.24. The first-order valence-electron chi connectivity index (χ1n) is 6.55. The second kappa shape index (κ2) is 7.18. The number of rotatable bonds is 4. The van der Waals surface area contributed by atoms with E-state index in [0.29, 0.717) is 5.56 Å². The maximum Gasteiger partial charge on any atom is 0.244 e. The molecule has 0 saturated carbocycles.